The first-order valence-corrected chi connectivity index (χ1v) is 6.66. The lowest BCUT2D eigenvalue weighted by atomic mass is 10.0. The smallest absolute Gasteiger partial charge is 0.0661 e. The van der Waals surface area contributed by atoms with Gasteiger partial charge in [-0.15, -0.1) is 0 Å². The van der Waals surface area contributed by atoms with Crippen LogP contribution >= 0.6 is 0 Å². The van der Waals surface area contributed by atoms with E-state index in [-0.39, 0.29) is 0 Å². The number of benzene rings is 1. The molecule has 1 N–H and O–H groups in total. The summed E-state index contributed by atoms with van der Waals surface area (Å²) in [6, 6.07) is 8.84. The van der Waals surface area contributed by atoms with Crippen LogP contribution in [0.3, 0.4) is 0 Å². The predicted molar refractivity (Wildman–Crippen MR) is 73.3 cm³/mol. The summed E-state index contributed by atoms with van der Waals surface area (Å²) in [7, 11) is 0. The van der Waals surface area contributed by atoms with Gasteiger partial charge >= 0.3 is 0 Å². The molecule has 2 nitrogen and oxygen atoms in total. The molecule has 1 rings (SSSR count). The largest absolute Gasteiger partial charge is 0.379 e. The van der Waals surface area contributed by atoms with Crippen molar-refractivity contribution >= 4 is 0 Å². The maximum atomic E-state index is 5.74. The molecule has 0 aliphatic rings. The molecule has 0 bridgehead atoms. The zero-order chi connectivity index (χ0) is 12.5. The minimum Gasteiger partial charge on any atom is -0.379 e. The quantitative estimate of drug-likeness (QED) is 0.697. The van der Waals surface area contributed by atoms with Crippen molar-refractivity contribution in [1.29, 1.82) is 0 Å². The molecule has 0 aliphatic heterocycles. The fourth-order valence-electron chi connectivity index (χ4n) is 1.93. The number of rotatable bonds is 8. The molecule has 0 aromatic heterocycles. The van der Waals surface area contributed by atoms with Crippen LogP contribution in [0.1, 0.15) is 43.9 Å². The third-order valence-electron chi connectivity index (χ3n) is 2.94. The Balaban J connectivity index is 2.56. The van der Waals surface area contributed by atoms with Crippen LogP contribution in [0.2, 0.25) is 0 Å². The molecule has 0 saturated heterocycles. The molecular formula is C15H25NO. The van der Waals surface area contributed by atoms with Crippen LogP contribution in [0, 0.1) is 6.92 Å². The van der Waals surface area contributed by atoms with E-state index in [1.54, 1.807) is 0 Å². The summed E-state index contributed by atoms with van der Waals surface area (Å²) in [6.45, 7) is 9.08. The topological polar surface area (TPSA) is 21.3 Å². The summed E-state index contributed by atoms with van der Waals surface area (Å²) >= 11 is 0. The highest BCUT2D eigenvalue weighted by Crippen LogP contribution is 2.17. The highest BCUT2D eigenvalue weighted by atomic mass is 16.5. The zero-order valence-electron chi connectivity index (χ0n) is 11.3. The first-order valence-electron chi connectivity index (χ1n) is 6.66. The van der Waals surface area contributed by atoms with Gasteiger partial charge in [0.05, 0.1) is 12.6 Å². The lowest BCUT2D eigenvalue weighted by molar-refractivity contribution is 0.109. The zero-order valence-corrected chi connectivity index (χ0v) is 11.3. The number of nitrogens with one attached hydrogen (secondary N) is 1. The van der Waals surface area contributed by atoms with Crippen molar-refractivity contribution in [2.45, 2.75) is 39.7 Å². The van der Waals surface area contributed by atoms with Gasteiger partial charge in [-0.1, -0.05) is 44.5 Å². The van der Waals surface area contributed by atoms with Crippen LogP contribution < -0.4 is 5.32 Å². The maximum Gasteiger partial charge on any atom is 0.0661 e. The fourth-order valence-corrected chi connectivity index (χ4v) is 1.93. The Morgan fingerprint density at radius 3 is 2.65 bits per heavy atom. The first kappa shape index (κ1) is 14.2. The molecule has 2 heteroatoms. The molecule has 0 radical (unpaired) electrons. The van der Waals surface area contributed by atoms with E-state index in [0.717, 1.165) is 26.2 Å². The Kier molecular flexibility index (Phi) is 6.90. The van der Waals surface area contributed by atoms with Gasteiger partial charge in [-0.05, 0) is 31.0 Å². The Bertz CT molecular complexity index is 312. The first-order chi connectivity index (χ1) is 8.29. The highest BCUT2D eigenvalue weighted by Gasteiger charge is 2.11. The number of unbranched alkanes of at least 4 members (excludes halogenated alkanes) is 1. The maximum absolute atomic E-state index is 5.74. The summed E-state index contributed by atoms with van der Waals surface area (Å²) in [5.41, 5.74) is 2.68. The molecule has 0 spiro atoms. The summed E-state index contributed by atoms with van der Waals surface area (Å²) in [5, 5.41) is 3.49. The Morgan fingerprint density at radius 1 is 1.24 bits per heavy atom. The van der Waals surface area contributed by atoms with Gasteiger partial charge < -0.3 is 10.1 Å². The molecule has 96 valence electrons. The van der Waals surface area contributed by atoms with Crippen molar-refractivity contribution < 1.29 is 4.74 Å². The molecule has 1 atom stereocenters. The Labute approximate surface area is 105 Å². The average molecular weight is 235 g/mol. The third-order valence-corrected chi connectivity index (χ3v) is 2.94. The van der Waals surface area contributed by atoms with Crippen LogP contribution in [-0.2, 0) is 4.74 Å². The molecule has 0 amide bonds. The summed E-state index contributed by atoms with van der Waals surface area (Å²) < 4.78 is 5.74. The lowest BCUT2D eigenvalue weighted by Gasteiger charge is -2.20. The third kappa shape index (κ3) is 4.88. The van der Waals surface area contributed by atoms with Gasteiger partial charge in [0.2, 0.25) is 0 Å². The standard InChI is InChI=1S/C15H25NO/c1-4-6-11-17-12-15(16-5-2)14-10-8-7-9-13(14)3/h7-10,15-16H,4-6,11-12H2,1-3H3. The van der Waals surface area contributed by atoms with Gasteiger partial charge in [0.25, 0.3) is 0 Å². The van der Waals surface area contributed by atoms with Crippen molar-refractivity contribution in [2.24, 2.45) is 0 Å². The molecule has 0 aliphatic carbocycles. The van der Waals surface area contributed by atoms with Crippen molar-refractivity contribution in [2.75, 3.05) is 19.8 Å². The highest BCUT2D eigenvalue weighted by molar-refractivity contribution is 5.28. The van der Waals surface area contributed by atoms with E-state index >= 15 is 0 Å². The molecule has 1 unspecified atom stereocenters. The average Bonchev–Trinajstić information content (AvgIpc) is 2.34. The van der Waals surface area contributed by atoms with Gasteiger partial charge in [0.1, 0.15) is 0 Å². The van der Waals surface area contributed by atoms with Crippen LogP contribution in [0.5, 0.6) is 0 Å². The van der Waals surface area contributed by atoms with Crippen LogP contribution in [0.15, 0.2) is 24.3 Å². The van der Waals surface area contributed by atoms with Gasteiger partial charge in [0, 0.05) is 6.61 Å². The van der Waals surface area contributed by atoms with E-state index in [1.807, 2.05) is 0 Å². The van der Waals surface area contributed by atoms with E-state index in [9.17, 15) is 0 Å². The number of ether oxygens (including phenoxy) is 1. The fraction of sp³-hybridized carbons (Fsp3) is 0.600. The van der Waals surface area contributed by atoms with E-state index in [1.165, 1.54) is 17.5 Å². The monoisotopic (exact) mass is 235 g/mol. The van der Waals surface area contributed by atoms with Gasteiger partial charge in [-0.25, -0.2) is 0 Å². The van der Waals surface area contributed by atoms with Crippen molar-refractivity contribution in [1.82, 2.24) is 5.32 Å². The second kappa shape index (κ2) is 8.26. The number of aryl methyl sites for hydroxylation is 1. The molecule has 0 fully saturated rings. The Morgan fingerprint density at radius 2 is 2.00 bits per heavy atom. The Hall–Kier alpha value is -0.860. The summed E-state index contributed by atoms with van der Waals surface area (Å²) in [5.74, 6) is 0. The normalized spacial score (nSPS) is 12.6. The van der Waals surface area contributed by atoms with Gasteiger partial charge in [0.15, 0.2) is 0 Å². The SMILES string of the molecule is CCCCOCC(NCC)c1ccccc1C. The van der Waals surface area contributed by atoms with Crippen molar-refractivity contribution in [3.8, 4) is 0 Å². The van der Waals surface area contributed by atoms with Crippen LogP contribution in [0.4, 0.5) is 0 Å². The van der Waals surface area contributed by atoms with E-state index in [4.69, 9.17) is 4.74 Å². The predicted octanol–water partition coefficient (Wildman–Crippen LogP) is 3.46. The van der Waals surface area contributed by atoms with Crippen molar-refractivity contribution in [3.05, 3.63) is 35.4 Å². The van der Waals surface area contributed by atoms with Crippen LogP contribution in [-0.4, -0.2) is 19.8 Å². The molecule has 1 aromatic carbocycles. The minimum absolute atomic E-state index is 0.318. The van der Waals surface area contributed by atoms with E-state index in [0.29, 0.717) is 6.04 Å². The number of hydrogen-bond donors (Lipinski definition) is 1. The summed E-state index contributed by atoms with van der Waals surface area (Å²) in [6.07, 6.45) is 2.34. The second-order valence-corrected chi connectivity index (χ2v) is 4.40. The molecule has 0 saturated carbocycles. The lowest BCUT2D eigenvalue weighted by Crippen LogP contribution is -2.26. The minimum atomic E-state index is 0.318. The number of hydrogen-bond acceptors (Lipinski definition) is 2. The van der Waals surface area contributed by atoms with Crippen LogP contribution in [0.25, 0.3) is 0 Å². The molecule has 17 heavy (non-hydrogen) atoms. The number of likely N-dealkylation sites (N-methyl/N-ethyl adjacent to an activating group) is 1. The molecule has 0 heterocycles. The van der Waals surface area contributed by atoms with E-state index in [2.05, 4.69) is 50.4 Å². The van der Waals surface area contributed by atoms with Gasteiger partial charge in [-0.3, -0.25) is 0 Å². The molecular weight excluding hydrogens is 210 g/mol. The van der Waals surface area contributed by atoms with Gasteiger partial charge in [-0.2, -0.15) is 0 Å². The molecule has 1 aromatic rings. The van der Waals surface area contributed by atoms with E-state index < -0.39 is 0 Å². The second-order valence-electron chi connectivity index (χ2n) is 4.40. The van der Waals surface area contributed by atoms with Crippen molar-refractivity contribution in [3.63, 3.8) is 0 Å². The summed E-state index contributed by atoms with van der Waals surface area (Å²) in [4.78, 5) is 0.